The van der Waals surface area contributed by atoms with Crippen LogP contribution in [0.2, 0.25) is 0 Å². The van der Waals surface area contributed by atoms with Crippen molar-refractivity contribution in [1.29, 1.82) is 0 Å². The minimum Gasteiger partial charge on any atom is -0.391 e. The summed E-state index contributed by atoms with van der Waals surface area (Å²) in [5.74, 6) is 0. The smallest absolute Gasteiger partial charge is 0.0746 e. The number of aliphatic hydroxyl groups excluding tert-OH is 1. The van der Waals surface area contributed by atoms with Gasteiger partial charge in [0.1, 0.15) is 0 Å². The molecule has 2 heteroatoms. The van der Waals surface area contributed by atoms with Gasteiger partial charge in [-0.2, -0.15) is 0 Å². The van der Waals surface area contributed by atoms with E-state index in [1.54, 1.807) is 0 Å². The molecule has 0 bridgehead atoms. The zero-order valence-corrected chi connectivity index (χ0v) is 11.1. The van der Waals surface area contributed by atoms with Crippen LogP contribution in [0.5, 0.6) is 0 Å². The van der Waals surface area contributed by atoms with Crippen LogP contribution in [0.15, 0.2) is 42.5 Å². The fraction of sp³-hybridized carbons (Fsp3) is 0.500. The fourth-order valence-electron chi connectivity index (χ4n) is 2.75. The standard InChI is InChI=1S/C16H23NO/c1-2-17(14-10-6-5-7-11-14)15-12-8-3-4-9-13-16(15)18/h3-7,10-11,15-16,18H,2,8-9,12-13H2,1H3/b4-3-/t15-,16-/m1/s1. The van der Waals surface area contributed by atoms with E-state index >= 15 is 0 Å². The predicted octanol–water partition coefficient (Wildman–Crippen LogP) is 3.37. The second kappa shape index (κ2) is 6.60. The Labute approximate surface area is 110 Å². The Balaban J connectivity index is 2.17. The van der Waals surface area contributed by atoms with Crippen LogP contribution in [0.4, 0.5) is 5.69 Å². The van der Waals surface area contributed by atoms with Crippen LogP contribution in [0.3, 0.4) is 0 Å². The van der Waals surface area contributed by atoms with Gasteiger partial charge < -0.3 is 10.0 Å². The third kappa shape index (κ3) is 3.14. The largest absolute Gasteiger partial charge is 0.391 e. The quantitative estimate of drug-likeness (QED) is 0.825. The molecule has 0 saturated heterocycles. The maximum absolute atomic E-state index is 10.4. The molecule has 0 heterocycles. The molecule has 1 aromatic rings. The lowest BCUT2D eigenvalue weighted by molar-refractivity contribution is 0.127. The average molecular weight is 245 g/mol. The van der Waals surface area contributed by atoms with Crippen molar-refractivity contribution in [3.05, 3.63) is 42.5 Å². The van der Waals surface area contributed by atoms with E-state index in [2.05, 4.69) is 48.2 Å². The van der Waals surface area contributed by atoms with Gasteiger partial charge in [0.25, 0.3) is 0 Å². The number of para-hydroxylation sites is 1. The number of allylic oxidation sites excluding steroid dienone is 2. The second-order valence-electron chi connectivity index (χ2n) is 4.88. The lowest BCUT2D eigenvalue weighted by Gasteiger charge is -2.36. The minimum absolute atomic E-state index is 0.227. The molecule has 18 heavy (non-hydrogen) atoms. The van der Waals surface area contributed by atoms with Crippen LogP contribution in [-0.4, -0.2) is 23.8 Å². The van der Waals surface area contributed by atoms with Crippen LogP contribution < -0.4 is 4.90 Å². The number of anilines is 1. The lowest BCUT2D eigenvalue weighted by atomic mass is 9.96. The number of likely N-dealkylation sites (N-methyl/N-ethyl adjacent to an activating group) is 1. The van der Waals surface area contributed by atoms with Gasteiger partial charge >= 0.3 is 0 Å². The molecule has 0 fully saturated rings. The topological polar surface area (TPSA) is 23.5 Å². The van der Waals surface area contributed by atoms with E-state index in [0.29, 0.717) is 0 Å². The van der Waals surface area contributed by atoms with Crippen LogP contribution in [-0.2, 0) is 0 Å². The van der Waals surface area contributed by atoms with E-state index in [1.807, 2.05) is 6.07 Å². The normalized spacial score (nSPS) is 26.1. The van der Waals surface area contributed by atoms with Gasteiger partial charge in [0.15, 0.2) is 0 Å². The molecular weight excluding hydrogens is 222 g/mol. The van der Waals surface area contributed by atoms with Gasteiger partial charge in [0.2, 0.25) is 0 Å². The zero-order valence-electron chi connectivity index (χ0n) is 11.1. The van der Waals surface area contributed by atoms with Gasteiger partial charge in [-0.1, -0.05) is 30.4 Å². The molecule has 0 saturated carbocycles. The maximum Gasteiger partial charge on any atom is 0.0746 e. The fourth-order valence-corrected chi connectivity index (χ4v) is 2.75. The van der Waals surface area contributed by atoms with E-state index in [-0.39, 0.29) is 12.1 Å². The summed E-state index contributed by atoms with van der Waals surface area (Å²) in [7, 11) is 0. The molecule has 2 rings (SSSR count). The van der Waals surface area contributed by atoms with E-state index in [0.717, 1.165) is 32.2 Å². The van der Waals surface area contributed by atoms with Crippen molar-refractivity contribution in [2.24, 2.45) is 0 Å². The Morgan fingerprint density at radius 1 is 1.11 bits per heavy atom. The molecular formula is C16H23NO. The van der Waals surface area contributed by atoms with Crippen molar-refractivity contribution in [3.63, 3.8) is 0 Å². The summed E-state index contributed by atoms with van der Waals surface area (Å²) < 4.78 is 0. The molecule has 0 amide bonds. The Kier molecular flexibility index (Phi) is 4.82. The van der Waals surface area contributed by atoms with E-state index in [4.69, 9.17) is 0 Å². The number of hydrogen-bond donors (Lipinski definition) is 1. The highest BCUT2D eigenvalue weighted by atomic mass is 16.3. The van der Waals surface area contributed by atoms with Crippen molar-refractivity contribution < 1.29 is 5.11 Å². The lowest BCUT2D eigenvalue weighted by Crippen LogP contribution is -2.44. The highest BCUT2D eigenvalue weighted by molar-refractivity contribution is 5.47. The highest BCUT2D eigenvalue weighted by Crippen LogP contribution is 2.24. The number of rotatable bonds is 3. The summed E-state index contributed by atoms with van der Waals surface area (Å²) in [6.45, 7) is 3.10. The summed E-state index contributed by atoms with van der Waals surface area (Å²) >= 11 is 0. The van der Waals surface area contributed by atoms with Gasteiger partial charge in [-0.25, -0.2) is 0 Å². The van der Waals surface area contributed by atoms with Gasteiger partial charge in [-0.15, -0.1) is 0 Å². The number of benzene rings is 1. The number of hydrogen-bond acceptors (Lipinski definition) is 2. The van der Waals surface area contributed by atoms with Crippen molar-refractivity contribution in [3.8, 4) is 0 Å². The number of aliphatic hydroxyl groups is 1. The molecule has 1 N–H and O–H groups in total. The van der Waals surface area contributed by atoms with Gasteiger partial charge in [0, 0.05) is 12.2 Å². The average Bonchev–Trinajstić information content (AvgIpc) is 2.39. The third-order valence-electron chi connectivity index (χ3n) is 3.70. The Hall–Kier alpha value is -1.28. The minimum atomic E-state index is -0.227. The SMILES string of the molecule is CCN(c1ccccc1)[C@@H]1CC/C=C\CC[C@H]1O. The highest BCUT2D eigenvalue weighted by Gasteiger charge is 2.25. The van der Waals surface area contributed by atoms with Crippen LogP contribution >= 0.6 is 0 Å². The van der Waals surface area contributed by atoms with Crippen molar-refractivity contribution in [2.75, 3.05) is 11.4 Å². The molecule has 2 atom stereocenters. The Morgan fingerprint density at radius 2 is 1.78 bits per heavy atom. The first-order valence-electron chi connectivity index (χ1n) is 6.97. The van der Waals surface area contributed by atoms with E-state index in [9.17, 15) is 5.11 Å². The van der Waals surface area contributed by atoms with Gasteiger partial charge in [-0.05, 0) is 44.7 Å². The van der Waals surface area contributed by atoms with Crippen molar-refractivity contribution in [1.82, 2.24) is 0 Å². The van der Waals surface area contributed by atoms with Crippen LogP contribution in [0.25, 0.3) is 0 Å². The molecule has 2 nitrogen and oxygen atoms in total. The molecule has 0 radical (unpaired) electrons. The predicted molar refractivity (Wildman–Crippen MR) is 76.9 cm³/mol. The maximum atomic E-state index is 10.4. The Bertz CT molecular complexity index is 374. The van der Waals surface area contributed by atoms with Gasteiger partial charge in [-0.3, -0.25) is 0 Å². The van der Waals surface area contributed by atoms with Crippen LogP contribution in [0.1, 0.15) is 32.6 Å². The summed E-state index contributed by atoms with van der Waals surface area (Å²) in [6, 6.07) is 10.7. The Morgan fingerprint density at radius 3 is 2.44 bits per heavy atom. The van der Waals surface area contributed by atoms with Gasteiger partial charge in [0.05, 0.1) is 12.1 Å². The summed E-state index contributed by atoms with van der Waals surface area (Å²) in [6.07, 6.45) is 8.16. The summed E-state index contributed by atoms with van der Waals surface area (Å²) in [5, 5.41) is 10.4. The third-order valence-corrected chi connectivity index (χ3v) is 3.70. The first-order valence-corrected chi connectivity index (χ1v) is 6.97. The molecule has 1 aromatic carbocycles. The van der Waals surface area contributed by atoms with E-state index in [1.165, 1.54) is 5.69 Å². The molecule has 1 aliphatic carbocycles. The molecule has 0 aliphatic heterocycles. The molecule has 0 spiro atoms. The monoisotopic (exact) mass is 245 g/mol. The summed E-state index contributed by atoms with van der Waals surface area (Å²) in [4.78, 5) is 2.34. The van der Waals surface area contributed by atoms with Crippen LogP contribution in [0, 0.1) is 0 Å². The van der Waals surface area contributed by atoms with Crippen molar-refractivity contribution >= 4 is 5.69 Å². The molecule has 1 aliphatic rings. The summed E-state index contributed by atoms with van der Waals surface area (Å²) in [5.41, 5.74) is 1.22. The molecule has 0 aromatic heterocycles. The number of nitrogens with zero attached hydrogens (tertiary/aromatic N) is 1. The first kappa shape index (κ1) is 13.2. The molecule has 0 unspecified atom stereocenters. The zero-order chi connectivity index (χ0) is 12.8. The molecule has 98 valence electrons. The van der Waals surface area contributed by atoms with Crippen molar-refractivity contribution in [2.45, 2.75) is 44.8 Å². The second-order valence-corrected chi connectivity index (χ2v) is 4.88. The van der Waals surface area contributed by atoms with E-state index < -0.39 is 0 Å². The first-order chi connectivity index (χ1) is 8.83.